The first kappa shape index (κ1) is 11.5. The third-order valence-corrected chi connectivity index (χ3v) is 3.85. The number of ether oxygens (including phenoxy) is 1. The van der Waals surface area contributed by atoms with E-state index in [1.807, 2.05) is 0 Å². The van der Waals surface area contributed by atoms with Gasteiger partial charge >= 0.3 is 0 Å². The van der Waals surface area contributed by atoms with Gasteiger partial charge in [0.05, 0.1) is 13.2 Å². The number of benzene rings is 1. The van der Waals surface area contributed by atoms with Gasteiger partial charge in [-0.25, -0.2) is 0 Å². The Kier molecular flexibility index (Phi) is 2.96. The van der Waals surface area contributed by atoms with E-state index in [0.717, 1.165) is 31.9 Å². The van der Waals surface area contributed by atoms with Crippen molar-refractivity contribution >= 4 is 5.84 Å². The Morgan fingerprint density at radius 3 is 3.17 bits per heavy atom. The summed E-state index contributed by atoms with van der Waals surface area (Å²) in [4.78, 5) is 2.33. The molecule has 2 aliphatic rings. The molecule has 0 saturated carbocycles. The van der Waals surface area contributed by atoms with Crippen molar-refractivity contribution in [2.45, 2.75) is 19.4 Å². The highest BCUT2D eigenvalue weighted by molar-refractivity contribution is 5.81. The number of hydrogen-bond donors (Lipinski definition) is 2. The van der Waals surface area contributed by atoms with Crippen molar-refractivity contribution in [3.8, 4) is 5.75 Å². The van der Waals surface area contributed by atoms with Crippen LogP contribution in [-0.2, 0) is 6.42 Å². The van der Waals surface area contributed by atoms with Gasteiger partial charge in [0, 0.05) is 25.6 Å². The first-order valence-corrected chi connectivity index (χ1v) is 6.55. The SMILES string of the molecule is CC(c1ccc2c(c1)OCC2)N1CCNC(=N)C1. The zero-order chi connectivity index (χ0) is 12.5. The molecule has 0 amide bonds. The van der Waals surface area contributed by atoms with Crippen molar-refractivity contribution in [1.82, 2.24) is 10.2 Å². The predicted molar refractivity (Wildman–Crippen MR) is 71.4 cm³/mol. The topological polar surface area (TPSA) is 48.4 Å². The van der Waals surface area contributed by atoms with E-state index in [9.17, 15) is 0 Å². The molecule has 0 bridgehead atoms. The second-order valence-electron chi connectivity index (χ2n) is 5.02. The molecule has 0 aliphatic carbocycles. The number of rotatable bonds is 2. The lowest BCUT2D eigenvalue weighted by molar-refractivity contribution is 0.229. The second-order valence-corrected chi connectivity index (χ2v) is 5.02. The fourth-order valence-corrected chi connectivity index (χ4v) is 2.67. The Labute approximate surface area is 107 Å². The first-order chi connectivity index (χ1) is 8.74. The molecule has 18 heavy (non-hydrogen) atoms. The Balaban J connectivity index is 1.79. The molecule has 2 N–H and O–H groups in total. The summed E-state index contributed by atoms with van der Waals surface area (Å²) >= 11 is 0. The molecule has 0 radical (unpaired) electrons. The van der Waals surface area contributed by atoms with Crippen LogP contribution in [0.25, 0.3) is 0 Å². The summed E-state index contributed by atoms with van der Waals surface area (Å²) in [6.45, 7) is 5.58. The highest BCUT2D eigenvalue weighted by Crippen LogP contribution is 2.30. The number of amidine groups is 1. The molecule has 1 atom stereocenters. The van der Waals surface area contributed by atoms with Crippen molar-refractivity contribution in [2.24, 2.45) is 0 Å². The smallest absolute Gasteiger partial charge is 0.122 e. The van der Waals surface area contributed by atoms with Crippen molar-refractivity contribution in [3.05, 3.63) is 29.3 Å². The maximum Gasteiger partial charge on any atom is 0.122 e. The van der Waals surface area contributed by atoms with Crippen LogP contribution in [-0.4, -0.2) is 37.0 Å². The zero-order valence-electron chi connectivity index (χ0n) is 10.7. The third-order valence-electron chi connectivity index (χ3n) is 3.85. The van der Waals surface area contributed by atoms with Crippen molar-refractivity contribution in [1.29, 1.82) is 5.41 Å². The average molecular weight is 245 g/mol. The van der Waals surface area contributed by atoms with E-state index in [1.54, 1.807) is 0 Å². The molecule has 4 heteroatoms. The molecular formula is C14H19N3O. The van der Waals surface area contributed by atoms with Gasteiger partial charge in [-0.05, 0) is 24.1 Å². The lowest BCUT2D eigenvalue weighted by Gasteiger charge is -2.33. The molecule has 1 aromatic rings. The quantitative estimate of drug-likeness (QED) is 0.831. The minimum Gasteiger partial charge on any atom is -0.493 e. The van der Waals surface area contributed by atoms with Crippen molar-refractivity contribution in [3.63, 3.8) is 0 Å². The Morgan fingerprint density at radius 1 is 1.44 bits per heavy atom. The lowest BCUT2D eigenvalue weighted by Crippen LogP contribution is -2.48. The van der Waals surface area contributed by atoms with E-state index in [4.69, 9.17) is 10.1 Å². The van der Waals surface area contributed by atoms with E-state index < -0.39 is 0 Å². The summed E-state index contributed by atoms with van der Waals surface area (Å²) in [6.07, 6.45) is 1.03. The number of hydrogen-bond acceptors (Lipinski definition) is 3. The summed E-state index contributed by atoms with van der Waals surface area (Å²) in [6, 6.07) is 6.88. The minimum absolute atomic E-state index is 0.335. The predicted octanol–water partition coefficient (Wildman–Crippen LogP) is 1.56. The molecular weight excluding hydrogens is 226 g/mol. The van der Waals surface area contributed by atoms with Crippen LogP contribution < -0.4 is 10.1 Å². The van der Waals surface area contributed by atoms with Gasteiger partial charge in [-0.3, -0.25) is 10.3 Å². The van der Waals surface area contributed by atoms with Gasteiger partial charge in [0.1, 0.15) is 11.6 Å². The number of piperazine rings is 1. The fourth-order valence-electron chi connectivity index (χ4n) is 2.67. The molecule has 2 aliphatic heterocycles. The summed E-state index contributed by atoms with van der Waals surface area (Å²) < 4.78 is 5.62. The van der Waals surface area contributed by atoms with E-state index >= 15 is 0 Å². The normalized spacial score (nSPS) is 21.1. The van der Waals surface area contributed by atoms with Crippen LogP contribution in [0, 0.1) is 5.41 Å². The van der Waals surface area contributed by atoms with Crippen molar-refractivity contribution in [2.75, 3.05) is 26.2 Å². The monoisotopic (exact) mass is 245 g/mol. The average Bonchev–Trinajstić information content (AvgIpc) is 2.85. The van der Waals surface area contributed by atoms with Gasteiger partial charge in [-0.1, -0.05) is 12.1 Å². The van der Waals surface area contributed by atoms with E-state index in [1.165, 1.54) is 11.1 Å². The molecule has 3 rings (SSSR count). The minimum atomic E-state index is 0.335. The van der Waals surface area contributed by atoms with Gasteiger partial charge in [0.15, 0.2) is 0 Å². The van der Waals surface area contributed by atoms with Gasteiger partial charge < -0.3 is 10.1 Å². The highest BCUT2D eigenvalue weighted by Gasteiger charge is 2.22. The Morgan fingerprint density at radius 2 is 2.33 bits per heavy atom. The molecule has 1 aromatic carbocycles. The first-order valence-electron chi connectivity index (χ1n) is 6.55. The van der Waals surface area contributed by atoms with Crippen LogP contribution in [0.2, 0.25) is 0 Å². The maximum atomic E-state index is 7.72. The maximum absolute atomic E-state index is 7.72. The Bertz CT molecular complexity index is 472. The van der Waals surface area contributed by atoms with Gasteiger partial charge in [-0.15, -0.1) is 0 Å². The summed E-state index contributed by atoms with van der Waals surface area (Å²) in [5.41, 5.74) is 2.60. The molecule has 2 heterocycles. The molecule has 4 nitrogen and oxygen atoms in total. The third kappa shape index (κ3) is 2.08. The van der Waals surface area contributed by atoms with Crippen LogP contribution in [0.15, 0.2) is 18.2 Å². The molecule has 0 aromatic heterocycles. The van der Waals surface area contributed by atoms with Gasteiger partial charge in [0.25, 0.3) is 0 Å². The lowest BCUT2D eigenvalue weighted by atomic mass is 10.0. The van der Waals surface area contributed by atoms with Crippen LogP contribution in [0.3, 0.4) is 0 Å². The summed E-state index contributed by atoms with van der Waals surface area (Å²) in [7, 11) is 0. The highest BCUT2D eigenvalue weighted by atomic mass is 16.5. The fraction of sp³-hybridized carbons (Fsp3) is 0.500. The zero-order valence-corrected chi connectivity index (χ0v) is 10.7. The van der Waals surface area contributed by atoms with Crippen molar-refractivity contribution < 1.29 is 4.74 Å². The van der Waals surface area contributed by atoms with E-state index in [0.29, 0.717) is 18.4 Å². The van der Waals surface area contributed by atoms with Crippen LogP contribution >= 0.6 is 0 Å². The van der Waals surface area contributed by atoms with Crippen LogP contribution in [0.4, 0.5) is 0 Å². The second kappa shape index (κ2) is 4.61. The van der Waals surface area contributed by atoms with Crippen LogP contribution in [0.5, 0.6) is 5.75 Å². The summed E-state index contributed by atoms with van der Waals surface area (Å²) in [5, 5.41) is 10.8. The number of nitrogens with one attached hydrogen (secondary N) is 2. The number of nitrogens with zero attached hydrogens (tertiary/aromatic N) is 1. The standard InChI is InChI=1S/C14H19N3O/c1-10(17-6-5-16-14(15)9-17)12-3-2-11-4-7-18-13(11)8-12/h2-3,8,10H,4-7,9H2,1H3,(H2,15,16). The molecule has 0 spiro atoms. The number of fused-ring (bicyclic) bond motifs is 1. The van der Waals surface area contributed by atoms with Gasteiger partial charge in [-0.2, -0.15) is 0 Å². The summed E-state index contributed by atoms with van der Waals surface area (Å²) in [5.74, 6) is 1.66. The van der Waals surface area contributed by atoms with Gasteiger partial charge in [0.2, 0.25) is 0 Å². The van der Waals surface area contributed by atoms with E-state index in [-0.39, 0.29) is 0 Å². The Hall–Kier alpha value is -1.55. The molecule has 1 fully saturated rings. The molecule has 1 unspecified atom stereocenters. The largest absolute Gasteiger partial charge is 0.493 e. The molecule has 96 valence electrons. The van der Waals surface area contributed by atoms with E-state index in [2.05, 4.69) is 35.3 Å². The molecule has 1 saturated heterocycles. The van der Waals surface area contributed by atoms with Crippen LogP contribution in [0.1, 0.15) is 24.1 Å².